The molecule has 0 radical (unpaired) electrons. The number of aldehydes is 1. The molecule has 1 amide bonds. The molecule has 3 heterocycles. The second-order valence-electron chi connectivity index (χ2n) is 5.94. The summed E-state index contributed by atoms with van der Waals surface area (Å²) in [5, 5.41) is 2.67. The van der Waals surface area contributed by atoms with Gasteiger partial charge in [-0.2, -0.15) is 0 Å². The summed E-state index contributed by atoms with van der Waals surface area (Å²) in [6.45, 7) is 2.41. The largest absolute Gasteiger partial charge is 0.469 e. The Morgan fingerprint density at radius 1 is 1.46 bits per heavy atom. The highest BCUT2D eigenvalue weighted by Crippen LogP contribution is 2.22. The van der Waals surface area contributed by atoms with Gasteiger partial charge in [0.25, 0.3) is 5.56 Å². The molecular formula is C17H18N4O5. The van der Waals surface area contributed by atoms with Crippen LogP contribution in [0.2, 0.25) is 0 Å². The quantitative estimate of drug-likeness (QED) is 0.589. The van der Waals surface area contributed by atoms with Crippen molar-refractivity contribution >= 4 is 29.6 Å². The van der Waals surface area contributed by atoms with E-state index in [4.69, 9.17) is 0 Å². The highest BCUT2D eigenvalue weighted by Gasteiger charge is 2.35. The van der Waals surface area contributed by atoms with Crippen molar-refractivity contribution in [2.75, 3.05) is 25.1 Å². The molecule has 9 nitrogen and oxygen atoms in total. The van der Waals surface area contributed by atoms with Gasteiger partial charge in [0.05, 0.1) is 13.5 Å². The van der Waals surface area contributed by atoms with Crippen LogP contribution in [0.5, 0.6) is 0 Å². The van der Waals surface area contributed by atoms with Gasteiger partial charge in [-0.3, -0.25) is 23.6 Å². The van der Waals surface area contributed by atoms with Crippen molar-refractivity contribution in [3.63, 3.8) is 0 Å². The molecular weight excluding hydrogens is 340 g/mol. The molecule has 1 aliphatic heterocycles. The van der Waals surface area contributed by atoms with Crippen molar-refractivity contribution in [3.05, 3.63) is 39.8 Å². The molecule has 2 aromatic rings. The van der Waals surface area contributed by atoms with E-state index in [1.807, 2.05) is 0 Å². The lowest BCUT2D eigenvalue weighted by molar-refractivity contribution is -0.143. The Hall–Kier alpha value is -3.23. The van der Waals surface area contributed by atoms with Crippen molar-refractivity contribution in [2.45, 2.75) is 19.4 Å². The Labute approximate surface area is 148 Å². The molecule has 1 aliphatic rings. The molecule has 0 aliphatic carbocycles. The van der Waals surface area contributed by atoms with E-state index < -0.39 is 17.6 Å². The number of pyridine rings is 1. The third-order valence-corrected chi connectivity index (χ3v) is 4.37. The zero-order chi connectivity index (χ0) is 18.8. The number of carbonyl (C=O) groups is 3. The highest BCUT2D eigenvalue weighted by molar-refractivity contribution is 5.92. The van der Waals surface area contributed by atoms with Crippen LogP contribution >= 0.6 is 0 Å². The fraction of sp³-hybridized carbons (Fsp3) is 0.353. The van der Waals surface area contributed by atoms with Gasteiger partial charge < -0.3 is 15.0 Å². The number of hydrogen-bond donors (Lipinski definition) is 1. The zero-order valence-corrected chi connectivity index (χ0v) is 14.4. The predicted molar refractivity (Wildman–Crippen MR) is 92.4 cm³/mol. The summed E-state index contributed by atoms with van der Waals surface area (Å²) in [7, 11) is 1.23. The number of amides is 1. The summed E-state index contributed by atoms with van der Waals surface area (Å²) >= 11 is 0. The number of hydrogen-bond acceptors (Lipinski definition) is 7. The van der Waals surface area contributed by atoms with Crippen LogP contribution in [-0.4, -0.2) is 53.8 Å². The van der Waals surface area contributed by atoms with Gasteiger partial charge >= 0.3 is 5.97 Å². The number of esters is 1. The first kappa shape index (κ1) is 17.6. The van der Waals surface area contributed by atoms with E-state index in [0.29, 0.717) is 25.0 Å². The number of fused-ring (bicyclic) bond motifs is 1. The molecule has 1 N–H and O–H groups in total. The van der Waals surface area contributed by atoms with Crippen LogP contribution in [0.3, 0.4) is 0 Å². The molecule has 0 bridgehead atoms. The SMILES string of the molecule is COC(=O)C[C@@H]1C(=O)NCCN1c1nc2c(C)cccn2c(=O)c1C=O. The number of aromatic nitrogens is 2. The molecule has 9 heteroatoms. The van der Waals surface area contributed by atoms with Crippen molar-refractivity contribution in [1.82, 2.24) is 14.7 Å². The van der Waals surface area contributed by atoms with Crippen LogP contribution in [-0.2, 0) is 14.3 Å². The Morgan fingerprint density at radius 3 is 2.92 bits per heavy atom. The number of aryl methyl sites for hydroxylation is 1. The standard InChI is InChI=1S/C17H18N4O5/c1-10-4-3-6-21-14(10)19-15(11(9-22)17(21)25)20-7-5-18-16(24)12(20)8-13(23)26-2/h3-4,6,9,12H,5,7-8H2,1-2H3,(H,18,24)/t12-/m1/s1. The molecule has 0 spiro atoms. The van der Waals surface area contributed by atoms with Crippen molar-refractivity contribution < 1.29 is 19.1 Å². The number of nitrogens with one attached hydrogen (secondary N) is 1. The summed E-state index contributed by atoms with van der Waals surface area (Å²) in [6, 6.07) is 2.57. The number of carbonyl (C=O) groups excluding carboxylic acids is 3. The van der Waals surface area contributed by atoms with E-state index in [1.165, 1.54) is 22.6 Å². The van der Waals surface area contributed by atoms with E-state index in [9.17, 15) is 19.2 Å². The van der Waals surface area contributed by atoms with Gasteiger partial charge in [-0.05, 0) is 18.6 Å². The van der Waals surface area contributed by atoms with Crippen LogP contribution in [0.4, 0.5) is 5.82 Å². The summed E-state index contributed by atoms with van der Waals surface area (Å²) in [6.07, 6.45) is 1.75. The maximum Gasteiger partial charge on any atom is 0.308 e. The molecule has 1 fully saturated rings. The van der Waals surface area contributed by atoms with E-state index in [-0.39, 0.29) is 23.7 Å². The minimum Gasteiger partial charge on any atom is -0.469 e. The van der Waals surface area contributed by atoms with Gasteiger partial charge in [0.1, 0.15) is 23.1 Å². The fourth-order valence-electron chi connectivity index (χ4n) is 3.03. The monoisotopic (exact) mass is 358 g/mol. The number of anilines is 1. The van der Waals surface area contributed by atoms with Gasteiger partial charge in [-0.1, -0.05) is 6.07 Å². The number of rotatable bonds is 4. The lowest BCUT2D eigenvalue weighted by Gasteiger charge is -2.35. The smallest absolute Gasteiger partial charge is 0.308 e. The minimum atomic E-state index is -0.909. The molecule has 0 saturated carbocycles. The maximum atomic E-state index is 12.7. The average molecular weight is 358 g/mol. The number of ether oxygens (including phenoxy) is 1. The second kappa shape index (κ2) is 6.95. The number of piperazine rings is 1. The first-order valence-corrected chi connectivity index (χ1v) is 8.06. The minimum absolute atomic E-state index is 0.100. The topological polar surface area (TPSA) is 110 Å². The second-order valence-corrected chi connectivity index (χ2v) is 5.94. The Morgan fingerprint density at radius 2 is 2.23 bits per heavy atom. The van der Waals surface area contributed by atoms with Crippen molar-refractivity contribution in [3.8, 4) is 0 Å². The molecule has 136 valence electrons. The highest BCUT2D eigenvalue weighted by atomic mass is 16.5. The van der Waals surface area contributed by atoms with Gasteiger partial charge in [-0.15, -0.1) is 0 Å². The van der Waals surface area contributed by atoms with Crippen LogP contribution in [0.15, 0.2) is 23.1 Å². The normalized spacial score (nSPS) is 17.1. The van der Waals surface area contributed by atoms with Crippen LogP contribution < -0.4 is 15.8 Å². The van der Waals surface area contributed by atoms with Gasteiger partial charge in [0.15, 0.2) is 6.29 Å². The molecule has 0 aromatic carbocycles. The molecule has 1 saturated heterocycles. The molecule has 2 aromatic heterocycles. The van der Waals surface area contributed by atoms with Crippen molar-refractivity contribution in [1.29, 1.82) is 0 Å². The van der Waals surface area contributed by atoms with Crippen LogP contribution in [0, 0.1) is 6.92 Å². The predicted octanol–water partition coefficient (Wildman–Crippen LogP) is -0.317. The van der Waals surface area contributed by atoms with E-state index in [1.54, 1.807) is 19.1 Å². The van der Waals surface area contributed by atoms with E-state index in [0.717, 1.165) is 5.56 Å². The number of nitrogens with zero attached hydrogens (tertiary/aromatic N) is 3. The van der Waals surface area contributed by atoms with Gasteiger partial charge in [-0.25, -0.2) is 4.98 Å². The van der Waals surface area contributed by atoms with Gasteiger partial charge in [0.2, 0.25) is 5.91 Å². The lowest BCUT2D eigenvalue weighted by Crippen LogP contribution is -2.57. The summed E-state index contributed by atoms with van der Waals surface area (Å²) in [4.78, 5) is 54.3. The van der Waals surface area contributed by atoms with Gasteiger partial charge in [0, 0.05) is 19.3 Å². The third-order valence-electron chi connectivity index (χ3n) is 4.37. The molecule has 26 heavy (non-hydrogen) atoms. The molecule has 0 unspecified atom stereocenters. The summed E-state index contributed by atoms with van der Waals surface area (Å²) in [5.74, 6) is -0.855. The Kier molecular flexibility index (Phi) is 4.70. The van der Waals surface area contributed by atoms with Crippen LogP contribution in [0.1, 0.15) is 22.3 Å². The third kappa shape index (κ3) is 2.92. The fourth-order valence-corrected chi connectivity index (χ4v) is 3.03. The van der Waals surface area contributed by atoms with E-state index in [2.05, 4.69) is 15.0 Å². The first-order valence-electron chi connectivity index (χ1n) is 8.06. The van der Waals surface area contributed by atoms with Crippen molar-refractivity contribution in [2.24, 2.45) is 0 Å². The summed E-state index contributed by atoms with van der Waals surface area (Å²) < 4.78 is 5.95. The number of methoxy groups -OCH3 is 1. The molecule has 3 rings (SSSR count). The van der Waals surface area contributed by atoms with E-state index >= 15 is 0 Å². The first-order chi connectivity index (χ1) is 12.5. The average Bonchev–Trinajstić information content (AvgIpc) is 2.64. The summed E-state index contributed by atoms with van der Waals surface area (Å²) in [5.41, 5.74) is 0.458. The maximum absolute atomic E-state index is 12.7. The zero-order valence-electron chi connectivity index (χ0n) is 14.4. The molecule has 1 atom stereocenters. The van der Waals surface area contributed by atoms with Crippen LogP contribution in [0.25, 0.3) is 5.65 Å². The lowest BCUT2D eigenvalue weighted by atomic mass is 10.1. The Bertz CT molecular complexity index is 952. The Balaban J connectivity index is 2.19.